The second kappa shape index (κ2) is 4.32. The number of amides is 1. The first-order valence-electron chi connectivity index (χ1n) is 4.50. The van der Waals surface area contributed by atoms with Gasteiger partial charge in [-0.1, -0.05) is 6.07 Å². The first kappa shape index (κ1) is 10.6. The second-order valence-corrected chi connectivity index (χ2v) is 4.05. The summed E-state index contributed by atoms with van der Waals surface area (Å²) in [5.74, 6) is -1.49. The van der Waals surface area contributed by atoms with Crippen LogP contribution in [0.2, 0.25) is 0 Å². The summed E-state index contributed by atoms with van der Waals surface area (Å²) in [7, 11) is 0. The monoisotopic (exact) mass is 237 g/mol. The number of anilines is 1. The van der Waals surface area contributed by atoms with Crippen LogP contribution in [0.1, 0.15) is 9.67 Å². The Morgan fingerprint density at radius 3 is 2.81 bits per heavy atom. The predicted molar refractivity (Wildman–Crippen MR) is 60.3 cm³/mol. The molecular weight excluding hydrogens is 229 g/mol. The highest BCUT2D eigenvalue weighted by Crippen LogP contribution is 2.20. The van der Waals surface area contributed by atoms with Crippen LogP contribution in [0, 0.1) is 5.82 Å². The van der Waals surface area contributed by atoms with Crippen molar-refractivity contribution in [2.45, 2.75) is 0 Å². The Bertz CT molecular complexity index is 511. The number of benzene rings is 1. The van der Waals surface area contributed by atoms with E-state index >= 15 is 0 Å². The zero-order valence-electron chi connectivity index (χ0n) is 8.11. The van der Waals surface area contributed by atoms with Gasteiger partial charge in [0, 0.05) is 11.8 Å². The standard InChI is InChI=1S/C11H8FNO2S/c12-8-6-7(3-4-9(8)14)13-11(15)10-2-1-5-16-10/h1-6,14H,(H,13,15). The maximum Gasteiger partial charge on any atom is 0.265 e. The number of hydrogen-bond acceptors (Lipinski definition) is 3. The van der Waals surface area contributed by atoms with Gasteiger partial charge in [0.1, 0.15) is 0 Å². The zero-order chi connectivity index (χ0) is 11.5. The fraction of sp³-hybridized carbons (Fsp3) is 0. The maximum absolute atomic E-state index is 13.0. The largest absolute Gasteiger partial charge is 0.505 e. The van der Waals surface area contributed by atoms with E-state index in [1.807, 2.05) is 0 Å². The van der Waals surface area contributed by atoms with E-state index in [0.29, 0.717) is 10.6 Å². The van der Waals surface area contributed by atoms with E-state index in [4.69, 9.17) is 5.11 Å². The molecule has 0 aliphatic rings. The number of phenols is 1. The molecule has 0 saturated carbocycles. The van der Waals surface area contributed by atoms with Crippen molar-refractivity contribution < 1.29 is 14.3 Å². The van der Waals surface area contributed by atoms with Crippen molar-refractivity contribution in [3.8, 4) is 5.75 Å². The molecule has 82 valence electrons. The molecular formula is C11H8FNO2S. The summed E-state index contributed by atoms with van der Waals surface area (Å²) >= 11 is 1.30. The van der Waals surface area contributed by atoms with Crippen LogP contribution in [0.4, 0.5) is 10.1 Å². The minimum absolute atomic E-state index is 0.292. The van der Waals surface area contributed by atoms with Gasteiger partial charge in [-0.15, -0.1) is 11.3 Å². The average molecular weight is 237 g/mol. The fourth-order valence-corrected chi connectivity index (χ4v) is 1.80. The number of nitrogens with one attached hydrogen (secondary N) is 1. The fourth-order valence-electron chi connectivity index (χ4n) is 1.19. The minimum atomic E-state index is -0.760. The van der Waals surface area contributed by atoms with Crippen LogP contribution >= 0.6 is 11.3 Å². The van der Waals surface area contributed by atoms with Crippen molar-refractivity contribution in [3.05, 3.63) is 46.4 Å². The molecule has 0 aliphatic carbocycles. The molecule has 0 saturated heterocycles. The van der Waals surface area contributed by atoms with Gasteiger partial charge in [-0.2, -0.15) is 0 Å². The number of aromatic hydroxyl groups is 1. The van der Waals surface area contributed by atoms with Crippen LogP contribution in [0.5, 0.6) is 5.75 Å². The Morgan fingerprint density at radius 1 is 1.38 bits per heavy atom. The highest BCUT2D eigenvalue weighted by molar-refractivity contribution is 7.12. The molecule has 2 aromatic rings. The second-order valence-electron chi connectivity index (χ2n) is 3.10. The Hall–Kier alpha value is -1.88. The molecule has 2 rings (SSSR count). The van der Waals surface area contributed by atoms with Crippen LogP contribution in [0.3, 0.4) is 0 Å². The number of phenolic OH excluding ortho intramolecular Hbond substituents is 1. The Balaban J connectivity index is 2.15. The van der Waals surface area contributed by atoms with Gasteiger partial charge in [0.25, 0.3) is 5.91 Å². The van der Waals surface area contributed by atoms with Crippen molar-refractivity contribution in [2.75, 3.05) is 5.32 Å². The summed E-state index contributed by atoms with van der Waals surface area (Å²) in [6, 6.07) is 7.14. The Morgan fingerprint density at radius 2 is 2.19 bits per heavy atom. The summed E-state index contributed by atoms with van der Waals surface area (Å²) in [5.41, 5.74) is 0.314. The molecule has 1 aromatic carbocycles. The normalized spacial score (nSPS) is 10.1. The van der Waals surface area contributed by atoms with Crippen molar-refractivity contribution >= 4 is 22.9 Å². The van der Waals surface area contributed by atoms with Gasteiger partial charge in [0.2, 0.25) is 0 Å². The van der Waals surface area contributed by atoms with E-state index in [0.717, 1.165) is 6.07 Å². The molecule has 16 heavy (non-hydrogen) atoms. The lowest BCUT2D eigenvalue weighted by Crippen LogP contribution is -2.10. The summed E-state index contributed by atoms with van der Waals surface area (Å²) in [6.45, 7) is 0. The van der Waals surface area contributed by atoms with Crippen LogP contribution < -0.4 is 5.32 Å². The van der Waals surface area contributed by atoms with Gasteiger partial charge in [-0.05, 0) is 23.6 Å². The third kappa shape index (κ3) is 2.20. The number of rotatable bonds is 2. The molecule has 3 nitrogen and oxygen atoms in total. The number of hydrogen-bond donors (Lipinski definition) is 2. The number of carbonyl (C=O) groups excluding carboxylic acids is 1. The first-order chi connectivity index (χ1) is 7.66. The van der Waals surface area contributed by atoms with Crippen LogP contribution in [-0.2, 0) is 0 Å². The Kier molecular flexibility index (Phi) is 2.87. The van der Waals surface area contributed by atoms with Gasteiger partial charge in [0.15, 0.2) is 11.6 Å². The average Bonchev–Trinajstić information content (AvgIpc) is 2.77. The molecule has 0 atom stereocenters. The van der Waals surface area contributed by atoms with E-state index in [1.165, 1.54) is 23.5 Å². The third-order valence-electron chi connectivity index (χ3n) is 1.95. The highest BCUT2D eigenvalue weighted by atomic mass is 32.1. The lowest BCUT2D eigenvalue weighted by Gasteiger charge is -2.04. The molecule has 1 heterocycles. The summed E-state index contributed by atoms with van der Waals surface area (Å²) in [4.78, 5) is 12.1. The highest BCUT2D eigenvalue weighted by Gasteiger charge is 2.08. The smallest absolute Gasteiger partial charge is 0.265 e. The van der Waals surface area contributed by atoms with Crippen molar-refractivity contribution in [1.82, 2.24) is 0 Å². The summed E-state index contributed by atoms with van der Waals surface area (Å²) in [5, 5.41) is 13.3. The minimum Gasteiger partial charge on any atom is -0.505 e. The molecule has 0 spiro atoms. The molecule has 0 bridgehead atoms. The van der Waals surface area contributed by atoms with Gasteiger partial charge in [-0.25, -0.2) is 4.39 Å². The van der Waals surface area contributed by atoms with Crippen molar-refractivity contribution in [3.63, 3.8) is 0 Å². The van der Waals surface area contributed by atoms with Crippen LogP contribution in [0.15, 0.2) is 35.7 Å². The predicted octanol–water partition coefficient (Wildman–Crippen LogP) is 2.85. The zero-order valence-corrected chi connectivity index (χ0v) is 8.92. The Labute approximate surface area is 95.2 Å². The van der Waals surface area contributed by atoms with E-state index in [9.17, 15) is 9.18 Å². The molecule has 0 unspecified atom stereocenters. The quantitative estimate of drug-likeness (QED) is 0.789. The van der Waals surface area contributed by atoms with E-state index in [2.05, 4.69) is 5.32 Å². The van der Waals surface area contributed by atoms with E-state index in [-0.39, 0.29) is 5.91 Å². The third-order valence-corrected chi connectivity index (χ3v) is 2.82. The van der Waals surface area contributed by atoms with E-state index < -0.39 is 11.6 Å². The number of carbonyl (C=O) groups is 1. The lowest BCUT2D eigenvalue weighted by molar-refractivity contribution is 0.103. The molecule has 0 radical (unpaired) electrons. The molecule has 0 fully saturated rings. The van der Waals surface area contributed by atoms with Gasteiger partial charge < -0.3 is 10.4 Å². The number of halogens is 1. The SMILES string of the molecule is O=C(Nc1ccc(O)c(F)c1)c1cccs1. The molecule has 2 N–H and O–H groups in total. The maximum atomic E-state index is 13.0. The van der Waals surface area contributed by atoms with Crippen LogP contribution in [0.25, 0.3) is 0 Å². The summed E-state index contributed by atoms with van der Waals surface area (Å²) in [6.07, 6.45) is 0. The van der Waals surface area contributed by atoms with Gasteiger partial charge in [0.05, 0.1) is 4.88 Å². The van der Waals surface area contributed by atoms with Gasteiger partial charge in [-0.3, -0.25) is 4.79 Å². The summed E-state index contributed by atoms with van der Waals surface area (Å²) < 4.78 is 13.0. The topological polar surface area (TPSA) is 49.3 Å². The van der Waals surface area contributed by atoms with Crippen molar-refractivity contribution in [2.24, 2.45) is 0 Å². The van der Waals surface area contributed by atoms with Crippen LogP contribution in [-0.4, -0.2) is 11.0 Å². The van der Waals surface area contributed by atoms with E-state index in [1.54, 1.807) is 17.5 Å². The van der Waals surface area contributed by atoms with Crippen molar-refractivity contribution in [1.29, 1.82) is 0 Å². The first-order valence-corrected chi connectivity index (χ1v) is 5.38. The lowest BCUT2D eigenvalue weighted by atomic mass is 10.3. The molecule has 1 amide bonds. The molecule has 1 aromatic heterocycles. The molecule has 0 aliphatic heterocycles. The van der Waals surface area contributed by atoms with Gasteiger partial charge >= 0.3 is 0 Å². The number of thiophene rings is 1. The molecule has 5 heteroatoms.